The molecular formula is C26H29FN2O3S2. The summed E-state index contributed by atoms with van der Waals surface area (Å²) in [6.45, 7) is 6.30. The lowest BCUT2D eigenvalue weighted by molar-refractivity contribution is -0.133. The zero-order valence-electron chi connectivity index (χ0n) is 19.6. The molecule has 8 heteroatoms. The number of fused-ring (bicyclic) bond motifs is 1. The van der Waals surface area contributed by atoms with E-state index in [-0.39, 0.29) is 35.9 Å². The molecule has 0 fully saturated rings. The molecule has 34 heavy (non-hydrogen) atoms. The van der Waals surface area contributed by atoms with E-state index in [1.807, 2.05) is 55.3 Å². The zero-order valence-corrected chi connectivity index (χ0v) is 21.2. The minimum absolute atomic E-state index is 0.0139. The van der Waals surface area contributed by atoms with Crippen LogP contribution in [0.25, 0.3) is 0 Å². The van der Waals surface area contributed by atoms with Crippen LogP contribution >= 0.6 is 11.3 Å². The number of halogens is 1. The van der Waals surface area contributed by atoms with Crippen LogP contribution in [0.1, 0.15) is 41.5 Å². The van der Waals surface area contributed by atoms with Crippen LogP contribution in [0.5, 0.6) is 0 Å². The first kappa shape index (κ1) is 24.6. The Kier molecular flexibility index (Phi) is 7.21. The smallest absolute Gasteiger partial charge is 0.243 e. The van der Waals surface area contributed by atoms with Crippen molar-refractivity contribution in [3.05, 3.63) is 87.4 Å². The number of thiophene rings is 1. The second kappa shape index (κ2) is 9.98. The fraction of sp³-hybridized carbons (Fsp3) is 0.346. The van der Waals surface area contributed by atoms with Crippen molar-refractivity contribution in [1.82, 2.24) is 9.21 Å². The average molecular weight is 501 g/mol. The highest BCUT2D eigenvalue weighted by Gasteiger charge is 2.36. The van der Waals surface area contributed by atoms with E-state index in [9.17, 15) is 17.6 Å². The number of aryl methyl sites for hydroxylation is 1. The van der Waals surface area contributed by atoms with Gasteiger partial charge < -0.3 is 4.90 Å². The van der Waals surface area contributed by atoms with Crippen LogP contribution < -0.4 is 0 Å². The number of nitrogens with zero attached hydrogens (tertiary/aromatic N) is 2. The van der Waals surface area contributed by atoms with Crippen molar-refractivity contribution in [1.29, 1.82) is 0 Å². The molecule has 0 bridgehead atoms. The van der Waals surface area contributed by atoms with Gasteiger partial charge in [-0.1, -0.05) is 38.1 Å². The molecule has 0 saturated heterocycles. The SMILES string of the molecule is Cc1ccccc1C1c2ccsc2CCN1C(=O)CN(CC(C)C)S(=O)(=O)c1ccc(F)cc1. The summed E-state index contributed by atoms with van der Waals surface area (Å²) in [7, 11) is -3.97. The van der Waals surface area contributed by atoms with Crippen molar-refractivity contribution in [3.8, 4) is 0 Å². The molecular weight excluding hydrogens is 471 g/mol. The van der Waals surface area contributed by atoms with E-state index in [1.54, 1.807) is 11.3 Å². The summed E-state index contributed by atoms with van der Waals surface area (Å²) < 4.78 is 41.4. The van der Waals surface area contributed by atoms with Gasteiger partial charge in [-0.05, 0) is 71.7 Å². The molecule has 180 valence electrons. The van der Waals surface area contributed by atoms with Gasteiger partial charge in [0.05, 0.1) is 17.5 Å². The highest BCUT2D eigenvalue weighted by molar-refractivity contribution is 7.89. The quantitative estimate of drug-likeness (QED) is 0.458. The molecule has 0 spiro atoms. The first-order chi connectivity index (χ1) is 16.2. The summed E-state index contributed by atoms with van der Waals surface area (Å²) in [6, 6.07) is 14.6. The molecule has 0 N–H and O–H groups in total. The van der Waals surface area contributed by atoms with Crippen LogP contribution in [0.2, 0.25) is 0 Å². The third kappa shape index (κ3) is 4.94. The van der Waals surface area contributed by atoms with Crippen LogP contribution in [0.3, 0.4) is 0 Å². The maximum atomic E-state index is 13.7. The van der Waals surface area contributed by atoms with Crippen LogP contribution in [0.4, 0.5) is 4.39 Å². The van der Waals surface area contributed by atoms with Gasteiger partial charge in [-0.25, -0.2) is 12.8 Å². The molecule has 2 aromatic carbocycles. The van der Waals surface area contributed by atoms with Gasteiger partial charge in [0.1, 0.15) is 5.82 Å². The number of hydrogen-bond acceptors (Lipinski definition) is 4. The van der Waals surface area contributed by atoms with Crippen molar-refractivity contribution >= 4 is 27.3 Å². The number of sulfonamides is 1. The summed E-state index contributed by atoms with van der Waals surface area (Å²) in [4.78, 5) is 16.8. The molecule has 1 aliphatic heterocycles. The number of carbonyl (C=O) groups excluding carboxylic acids is 1. The Morgan fingerprint density at radius 1 is 1.12 bits per heavy atom. The van der Waals surface area contributed by atoms with E-state index in [4.69, 9.17) is 0 Å². The molecule has 0 radical (unpaired) electrons. The van der Waals surface area contributed by atoms with Gasteiger partial charge in [-0.15, -0.1) is 11.3 Å². The van der Waals surface area contributed by atoms with Gasteiger partial charge in [0, 0.05) is 18.0 Å². The summed E-state index contributed by atoms with van der Waals surface area (Å²) in [5.74, 6) is -0.733. The van der Waals surface area contributed by atoms with Gasteiger partial charge >= 0.3 is 0 Å². The standard InChI is InChI=1S/C26H29FN2O3S2/c1-18(2)16-28(34(31,32)21-10-8-20(27)9-11-21)17-25(30)29-14-12-24-23(13-15-33-24)26(29)22-7-5-4-6-19(22)3/h4-11,13,15,18,26H,12,14,16-17H2,1-3H3. The van der Waals surface area contributed by atoms with E-state index < -0.39 is 15.8 Å². The average Bonchev–Trinajstić information content (AvgIpc) is 3.27. The largest absolute Gasteiger partial charge is 0.330 e. The van der Waals surface area contributed by atoms with Gasteiger partial charge in [0.25, 0.3) is 0 Å². The number of carbonyl (C=O) groups is 1. The van der Waals surface area contributed by atoms with Gasteiger partial charge in [0.15, 0.2) is 0 Å². The number of rotatable bonds is 7. The van der Waals surface area contributed by atoms with Gasteiger partial charge in [0.2, 0.25) is 15.9 Å². The Bertz CT molecular complexity index is 1270. The molecule has 4 rings (SSSR count). The zero-order chi connectivity index (χ0) is 24.5. The lowest BCUT2D eigenvalue weighted by Crippen LogP contribution is -2.47. The molecule has 1 amide bonds. The fourth-order valence-electron chi connectivity index (χ4n) is 4.47. The molecule has 5 nitrogen and oxygen atoms in total. The van der Waals surface area contributed by atoms with Gasteiger partial charge in [-0.3, -0.25) is 4.79 Å². The monoisotopic (exact) mass is 500 g/mol. The van der Waals surface area contributed by atoms with E-state index in [0.717, 1.165) is 35.2 Å². The lowest BCUT2D eigenvalue weighted by Gasteiger charge is -2.38. The Hall–Kier alpha value is -2.55. The van der Waals surface area contributed by atoms with E-state index >= 15 is 0 Å². The summed E-state index contributed by atoms with van der Waals surface area (Å²) >= 11 is 1.69. The maximum absolute atomic E-state index is 13.7. The Labute approximate surface area is 204 Å². The van der Waals surface area contributed by atoms with E-state index in [1.165, 1.54) is 21.3 Å². The van der Waals surface area contributed by atoms with Crippen molar-refractivity contribution in [2.75, 3.05) is 19.6 Å². The van der Waals surface area contributed by atoms with E-state index in [0.29, 0.717) is 6.54 Å². The van der Waals surface area contributed by atoms with Crippen molar-refractivity contribution < 1.29 is 17.6 Å². The predicted molar refractivity (Wildman–Crippen MR) is 133 cm³/mol. The number of hydrogen-bond donors (Lipinski definition) is 0. The molecule has 1 unspecified atom stereocenters. The third-order valence-electron chi connectivity index (χ3n) is 6.10. The van der Waals surface area contributed by atoms with Crippen LogP contribution in [-0.4, -0.2) is 43.2 Å². The maximum Gasteiger partial charge on any atom is 0.243 e. The van der Waals surface area contributed by atoms with Crippen LogP contribution in [-0.2, 0) is 21.2 Å². The fourth-order valence-corrected chi connectivity index (χ4v) is 6.92. The summed E-state index contributed by atoms with van der Waals surface area (Å²) in [6.07, 6.45) is 0.746. The molecule has 0 saturated carbocycles. The van der Waals surface area contributed by atoms with Gasteiger partial charge in [-0.2, -0.15) is 4.31 Å². The van der Waals surface area contributed by atoms with Crippen LogP contribution in [0.15, 0.2) is 64.9 Å². The summed E-state index contributed by atoms with van der Waals surface area (Å²) in [5, 5.41) is 2.05. The molecule has 1 aliphatic rings. The first-order valence-electron chi connectivity index (χ1n) is 11.4. The molecule has 1 atom stereocenters. The normalized spacial score (nSPS) is 16.2. The topological polar surface area (TPSA) is 57.7 Å². The Morgan fingerprint density at radius 2 is 1.82 bits per heavy atom. The predicted octanol–water partition coefficient (Wildman–Crippen LogP) is 5.02. The third-order valence-corrected chi connectivity index (χ3v) is 8.92. The lowest BCUT2D eigenvalue weighted by atomic mass is 9.90. The van der Waals surface area contributed by atoms with Crippen molar-refractivity contribution in [2.24, 2.45) is 5.92 Å². The number of benzene rings is 2. The molecule has 0 aliphatic carbocycles. The second-order valence-electron chi connectivity index (χ2n) is 9.04. The second-order valence-corrected chi connectivity index (χ2v) is 12.0. The molecule has 1 aromatic heterocycles. The first-order valence-corrected chi connectivity index (χ1v) is 13.7. The minimum Gasteiger partial charge on any atom is -0.330 e. The Balaban J connectivity index is 1.68. The van der Waals surface area contributed by atoms with Crippen LogP contribution in [0, 0.1) is 18.7 Å². The van der Waals surface area contributed by atoms with Crippen molar-refractivity contribution in [2.45, 2.75) is 38.1 Å². The number of amides is 1. The Morgan fingerprint density at radius 3 is 2.50 bits per heavy atom. The minimum atomic E-state index is -3.97. The highest BCUT2D eigenvalue weighted by Crippen LogP contribution is 2.39. The van der Waals surface area contributed by atoms with Crippen molar-refractivity contribution in [3.63, 3.8) is 0 Å². The van der Waals surface area contributed by atoms with E-state index in [2.05, 4.69) is 6.07 Å². The summed E-state index contributed by atoms with van der Waals surface area (Å²) in [5.41, 5.74) is 3.24. The molecule has 2 heterocycles. The molecule has 3 aromatic rings. The highest BCUT2D eigenvalue weighted by atomic mass is 32.2.